The molecule has 1 rings (SSSR count). The summed E-state index contributed by atoms with van der Waals surface area (Å²) in [6.45, 7) is 5.16. The number of hydrogen-bond acceptors (Lipinski definition) is 3. The Morgan fingerprint density at radius 1 is 1.39 bits per heavy atom. The zero-order chi connectivity index (χ0) is 13.7. The third kappa shape index (κ3) is 4.58. The first-order valence-corrected chi connectivity index (χ1v) is 7.11. The highest BCUT2D eigenvalue weighted by Gasteiger charge is 2.30. The van der Waals surface area contributed by atoms with E-state index < -0.39 is 0 Å². The summed E-state index contributed by atoms with van der Waals surface area (Å²) in [5.41, 5.74) is 5.96. The number of nitrogens with two attached hydrogens (primary N) is 1. The molecule has 1 aliphatic carbocycles. The average molecular weight is 255 g/mol. The molecule has 3 unspecified atom stereocenters. The molecule has 18 heavy (non-hydrogen) atoms. The van der Waals surface area contributed by atoms with E-state index in [0.29, 0.717) is 12.0 Å². The molecule has 0 aromatic heterocycles. The number of nitrogens with zero attached hydrogens (tertiary/aromatic N) is 1. The van der Waals surface area contributed by atoms with Crippen LogP contribution in [0.2, 0.25) is 0 Å². The Bertz CT molecular complexity index is 266. The second kappa shape index (κ2) is 7.10. The third-order valence-corrected chi connectivity index (χ3v) is 3.89. The summed E-state index contributed by atoms with van der Waals surface area (Å²) in [7, 11) is 4.14. The van der Waals surface area contributed by atoms with Crippen molar-refractivity contribution in [3.8, 4) is 0 Å². The lowest BCUT2D eigenvalue weighted by Gasteiger charge is -2.27. The topological polar surface area (TPSA) is 58.4 Å². The van der Waals surface area contributed by atoms with Crippen LogP contribution in [-0.2, 0) is 4.79 Å². The zero-order valence-electron chi connectivity index (χ0n) is 12.3. The number of nitrogens with one attached hydrogen (secondary N) is 1. The van der Waals surface area contributed by atoms with Crippen molar-refractivity contribution < 1.29 is 4.79 Å². The van der Waals surface area contributed by atoms with Crippen LogP contribution in [0.15, 0.2) is 0 Å². The molecule has 0 aromatic rings. The summed E-state index contributed by atoms with van der Waals surface area (Å²) in [5, 5.41) is 3.08. The van der Waals surface area contributed by atoms with Crippen LogP contribution >= 0.6 is 0 Å². The van der Waals surface area contributed by atoms with Crippen molar-refractivity contribution >= 4 is 5.91 Å². The van der Waals surface area contributed by atoms with Gasteiger partial charge in [-0.25, -0.2) is 0 Å². The molecule has 0 saturated heterocycles. The van der Waals surface area contributed by atoms with Crippen molar-refractivity contribution in [2.45, 2.75) is 51.6 Å². The van der Waals surface area contributed by atoms with Crippen LogP contribution in [0.5, 0.6) is 0 Å². The fraction of sp³-hybridized carbons (Fsp3) is 0.929. The van der Waals surface area contributed by atoms with Gasteiger partial charge in [-0.2, -0.15) is 0 Å². The first-order chi connectivity index (χ1) is 8.41. The van der Waals surface area contributed by atoms with Gasteiger partial charge >= 0.3 is 0 Å². The van der Waals surface area contributed by atoms with Crippen LogP contribution < -0.4 is 11.1 Å². The Balaban J connectivity index is 2.39. The fourth-order valence-corrected chi connectivity index (χ4v) is 2.68. The quantitative estimate of drug-likeness (QED) is 0.750. The normalized spacial score (nSPS) is 25.7. The molecular formula is C14H29N3O. The van der Waals surface area contributed by atoms with Gasteiger partial charge in [0, 0.05) is 18.6 Å². The molecule has 1 saturated carbocycles. The van der Waals surface area contributed by atoms with Gasteiger partial charge in [-0.15, -0.1) is 0 Å². The Labute approximate surface area is 111 Å². The van der Waals surface area contributed by atoms with E-state index in [1.807, 2.05) is 0 Å². The van der Waals surface area contributed by atoms with Crippen molar-refractivity contribution in [1.82, 2.24) is 10.2 Å². The van der Waals surface area contributed by atoms with Gasteiger partial charge in [-0.05, 0) is 39.3 Å². The van der Waals surface area contributed by atoms with Crippen LogP contribution in [0.1, 0.15) is 39.5 Å². The summed E-state index contributed by atoms with van der Waals surface area (Å²) in [6, 6.07) is 0.472. The van der Waals surface area contributed by atoms with Gasteiger partial charge in [-0.3, -0.25) is 4.79 Å². The van der Waals surface area contributed by atoms with E-state index in [2.05, 4.69) is 38.2 Å². The van der Waals surface area contributed by atoms with Crippen molar-refractivity contribution in [1.29, 1.82) is 0 Å². The average Bonchev–Trinajstić information content (AvgIpc) is 2.69. The monoisotopic (exact) mass is 255 g/mol. The lowest BCUT2D eigenvalue weighted by molar-refractivity contribution is -0.125. The molecule has 1 amide bonds. The molecule has 4 nitrogen and oxygen atoms in total. The van der Waals surface area contributed by atoms with Crippen molar-refractivity contribution in [3.63, 3.8) is 0 Å². The minimum Gasteiger partial charge on any atom is -0.354 e. The predicted molar refractivity (Wildman–Crippen MR) is 75.3 cm³/mol. The van der Waals surface area contributed by atoms with Gasteiger partial charge in [0.2, 0.25) is 5.91 Å². The van der Waals surface area contributed by atoms with Gasteiger partial charge in [-0.1, -0.05) is 20.3 Å². The van der Waals surface area contributed by atoms with E-state index in [0.717, 1.165) is 32.2 Å². The molecule has 0 spiro atoms. The lowest BCUT2D eigenvalue weighted by Crippen LogP contribution is -2.45. The van der Waals surface area contributed by atoms with Gasteiger partial charge in [0.1, 0.15) is 0 Å². The van der Waals surface area contributed by atoms with E-state index in [9.17, 15) is 4.79 Å². The number of likely N-dealkylation sites (N-methyl/N-ethyl adjacent to an activating group) is 1. The summed E-state index contributed by atoms with van der Waals surface area (Å²) in [4.78, 5) is 14.2. The largest absolute Gasteiger partial charge is 0.354 e. The van der Waals surface area contributed by atoms with Crippen LogP contribution in [0.3, 0.4) is 0 Å². The van der Waals surface area contributed by atoms with Crippen LogP contribution in [0.25, 0.3) is 0 Å². The molecule has 4 heteroatoms. The molecule has 0 aromatic carbocycles. The maximum absolute atomic E-state index is 12.1. The summed E-state index contributed by atoms with van der Waals surface area (Å²) < 4.78 is 0. The maximum atomic E-state index is 12.1. The molecule has 3 N–H and O–H groups in total. The highest BCUT2D eigenvalue weighted by Crippen LogP contribution is 2.24. The number of carbonyl (C=O) groups excluding carboxylic acids is 1. The van der Waals surface area contributed by atoms with Crippen LogP contribution in [0, 0.1) is 11.8 Å². The lowest BCUT2D eigenvalue weighted by atomic mass is 10.0. The summed E-state index contributed by atoms with van der Waals surface area (Å²) >= 11 is 0. The Kier molecular flexibility index (Phi) is 6.09. The van der Waals surface area contributed by atoms with E-state index >= 15 is 0 Å². The first kappa shape index (κ1) is 15.4. The second-order valence-corrected chi connectivity index (χ2v) is 6.19. The molecule has 0 aliphatic heterocycles. The van der Waals surface area contributed by atoms with Crippen LogP contribution in [0.4, 0.5) is 0 Å². The van der Waals surface area contributed by atoms with E-state index in [-0.39, 0.29) is 17.9 Å². The molecule has 3 atom stereocenters. The highest BCUT2D eigenvalue weighted by molar-refractivity contribution is 5.79. The minimum atomic E-state index is 0.0341. The number of carbonyl (C=O) groups is 1. The number of hydrogen-bond donors (Lipinski definition) is 2. The Hall–Kier alpha value is -0.610. The Morgan fingerprint density at radius 3 is 2.50 bits per heavy atom. The van der Waals surface area contributed by atoms with Gasteiger partial charge < -0.3 is 16.0 Å². The molecule has 1 aliphatic rings. The van der Waals surface area contributed by atoms with Gasteiger partial charge in [0.15, 0.2) is 0 Å². The van der Waals surface area contributed by atoms with Gasteiger partial charge in [0.05, 0.1) is 5.92 Å². The molecule has 0 bridgehead atoms. The van der Waals surface area contributed by atoms with Crippen LogP contribution in [-0.4, -0.2) is 43.5 Å². The van der Waals surface area contributed by atoms with E-state index in [4.69, 9.17) is 5.73 Å². The molecule has 0 radical (unpaired) electrons. The molecule has 1 fully saturated rings. The predicted octanol–water partition coefficient (Wildman–Crippen LogP) is 1.21. The Morgan fingerprint density at radius 2 is 2.06 bits per heavy atom. The highest BCUT2D eigenvalue weighted by atomic mass is 16.1. The zero-order valence-corrected chi connectivity index (χ0v) is 12.3. The number of rotatable bonds is 6. The third-order valence-electron chi connectivity index (χ3n) is 3.89. The first-order valence-electron chi connectivity index (χ1n) is 7.11. The molecule has 106 valence electrons. The van der Waals surface area contributed by atoms with E-state index in [1.54, 1.807) is 0 Å². The molecule has 0 heterocycles. The van der Waals surface area contributed by atoms with Crippen molar-refractivity contribution in [2.75, 3.05) is 20.6 Å². The standard InChI is InChI=1S/C14H29N3O/c1-10(2)8-11(17(3)4)9-16-14(18)12-6-5-7-13(12)15/h10-13H,5-9,15H2,1-4H3,(H,16,18). The minimum absolute atomic E-state index is 0.0341. The summed E-state index contributed by atoms with van der Waals surface area (Å²) in [6.07, 6.45) is 4.12. The smallest absolute Gasteiger partial charge is 0.224 e. The number of amides is 1. The van der Waals surface area contributed by atoms with Gasteiger partial charge in [0.25, 0.3) is 0 Å². The molecular weight excluding hydrogens is 226 g/mol. The van der Waals surface area contributed by atoms with Crippen molar-refractivity contribution in [3.05, 3.63) is 0 Å². The maximum Gasteiger partial charge on any atom is 0.224 e. The second-order valence-electron chi connectivity index (χ2n) is 6.19. The van der Waals surface area contributed by atoms with Crippen molar-refractivity contribution in [2.24, 2.45) is 17.6 Å². The van der Waals surface area contributed by atoms with E-state index in [1.165, 1.54) is 0 Å². The summed E-state index contributed by atoms with van der Waals surface area (Å²) in [5.74, 6) is 0.825. The fourth-order valence-electron chi connectivity index (χ4n) is 2.68. The SMILES string of the molecule is CC(C)CC(CNC(=O)C1CCCC1N)N(C)C.